The fourth-order valence-electron chi connectivity index (χ4n) is 2.17. The number of nitrogens with one attached hydrogen (secondary N) is 1. The summed E-state index contributed by atoms with van der Waals surface area (Å²) in [6.07, 6.45) is 0. The van der Waals surface area contributed by atoms with Crippen LogP contribution in [-0.2, 0) is 0 Å². The molecule has 17 heavy (non-hydrogen) atoms. The number of thiazole rings is 1. The van der Waals surface area contributed by atoms with Crippen molar-refractivity contribution in [3.8, 4) is 0 Å². The summed E-state index contributed by atoms with van der Waals surface area (Å²) in [5.74, 6) is 1.11. The Hall–Kier alpha value is -0.450. The van der Waals surface area contributed by atoms with Gasteiger partial charge in [-0.2, -0.15) is 0 Å². The number of rotatable bonds is 4. The molecule has 3 nitrogen and oxygen atoms in total. The van der Waals surface area contributed by atoms with Gasteiger partial charge < -0.3 is 10.2 Å². The van der Waals surface area contributed by atoms with Gasteiger partial charge in [-0.15, -0.1) is 11.3 Å². The van der Waals surface area contributed by atoms with Crippen LogP contribution in [0, 0.1) is 0 Å². The van der Waals surface area contributed by atoms with Crippen LogP contribution in [-0.4, -0.2) is 42.6 Å². The minimum absolute atomic E-state index is 0.553. The molecule has 1 fully saturated rings. The average Bonchev–Trinajstić information content (AvgIpc) is 2.79. The first-order chi connectivity index (χ1) is 8.16. The molecule has 4 heteroatoms. The van der Waals surface area contributed by atoms with Gasteiger partial charge in [-0.05, 0) is 0 Å². The normalized spacial score (nSPS) is 19.8. The molecular weight excluding hydrogens is 230 g/mol. The smallest absolute Gasteiger partial charge is 0.0953 e. The quantitative estimate of drug-likeness (QED) is 0.892. The van der Waals surface area contributed by atoms with Crippen LogP contribution in [0.3, 0.4) is 0 Å². The van der Waals surface area contributed by atoms with Crippen molar-refractivity contribution < 1.29 is 0 Å². The maximum Gasteiger partial charge on any atom is 0.0953 e. The average molecular weight is 253 g/mol. The fraction of sp³-hybridized carbons (Fsp3) is 0.769. The second kappa shape index (κ2) is 5.94. The van der Waals surface area contributed by atoms with Crippen molar-refractivity contribution in [2.45, 2.75) is 32.6 Å². The lowest BCUT2D eigenvalue weighted by Gasteiger charge is -2.29. The van der Waals surface area contributed by atoms with Crippen molar-refractivity contribution in [2.24, 2.45) is 0 Å². The minimum atomic E-state index is 0.553. The number of piperazine rings is 1. The molecule has 1 unspecified atom stereocenters. The maximum absolute atomic E-state index is 4.75. The molecule has 1 saturated heterocycles. The SMILES string of the molecule is CC(C)c1nc(C(C)CN2CCNCC2)cs1. The molecule has 1 aliphatic heterocycles. The monoisotopic (exact) mass is 253 g/mol. The summed E-state index contributed by atoms with van der Waals surface area (Å²) >= 11 is 1.81. The third-order valence-electron chi connectivity index (χ3n) is 3.28. The van der Waals surface area contributed by atoms with E-state index >= 15 is 0 Å². The van der Waals surface area contributed by atoms with E-state index in [1.165, 1.54) is 23.8 Å². The third-order valence-corrected chi connectivity index (χ3v) is 4.44. The van der Waals surface area contributed by atoms with E-state index in [-0.39, 0.29) is 0 Å². The van der Waals surface area contributed by atoms with Crippen LogP contribution >= 0.6 is 11.3 Å². The van der Waals surface area contributed by atoms with Gasteiger partial charge in [-0.25, -0.2) is 4.98 Å². The minimum Gasteiger partial charge on any atom is -0.314 e. The van der Waals surface area contributed by atoms with Crippen molar-refractivity contribution >= 4 is 11.3 Å². The fourth-order valence-corrected chi connectivity index (χ4v) is 3.12. The van der Waals surface area contributed by atoms with Gasteiger partial charge in [0.15, 0.2) is 0 Å². The van der Waals surface area contributed by atoms with Crippen LogP contribution in [0.2, 0.25) is 0 Å². The lowest BCUT2D eigenvalue weighted by atomic mass is 10.1. The Morgan fingerprint density at radius 3 is 2.65 bits per heavy atom. The zero-order valence-corrected chi connectivity index (χ0v) is 11.9. The summed E-state index contributed by atoms with van der Waals surface area (Å²) < 4.78 is 0. The van der Waals surface area contributed by atoms with Gasteiger partial charge in [0.1, 0.15) is 0 Å². The molecule has 2 heterocycles. The summed E-state index contributed by atoms with van der Waals surface area (Å²) in [4.78, 5) is 7.29. The molecule has 0 aromatic carbocycles. The van der Waals surface area contributed by atoms with E-state index in [0.717, 1.165) is 19.6 Å². The Morgan fingerprint density at radius 2 is 2.06 bits per heavy atom. The molecule has 0 spiro atoms. The van der Waals surface area contributed by atoms with Gasteiger partial charge in [-0.3, -0.25) is 0 Å². The highest BCUT2D eigenvalue weighted by molar-refractivity contribution is 7.09. The highest BCUT2D eigenvalue weighted by atomic mass is 32.1. The summed E-state index contributed by atoms with van der Waals surface area (Å²) in [7, 11) is 0. The highest BCUT2D eigenvalue weighted by Crippen LogP contribution is 2.24. The van der Waals surface area contributed by atoms with Gasteiger partial charge in [0.25, 0.3) is 0 Å². The molecule has 1 N–H and O–H groups in total. The first kappa shape index (κ1) is 13.0. The van der Waals surface area contributed by atoms with E-state index in [0.29, 0.717) is 11.8 Å². The molecule has 1 atom stereocenters. The van der Waals surface area contributed by atoms with Gasteiger partial charge >= 0.3 is 0 Å². The van der Waals surface area contributed by atoms with Crippen molar-refractivity contribution in [2.75, 3.05) is 32.7 Å². The maximum atomic E-state index is 4.75. The zero-order chi connectivity index (χ0) is 12.3. The van der Waals surface area contributed by atoms with Crippen LogP contribution < -0.4 is 5.32 Å². The van der Waals surface area contributed by atoms with E-state index in [2.05, 4.69) is 36.4 Å². The molecule has 2 rings (SSSR count). The Bertz CT molecular complexity index is 342. The molecular formula is C13H23N3S. The largest absolute Gasteiger partial charge is 0.314 e. The van der Waals surface area contributed by atoms with Crippen LogP contribution in [0.4, 0.5) is 0 Å². The molecule has 1 aliphatic rings. The molecule has 0 saturated carbocycles. The van der Waals surface area contributed by atoms with E-state index in [4.69, 9.17) is 4.98 Å². The van der Waals surface area contributed by atoms with E-state index < -0.39 is 0 Å². The molecule has 0 radical (unpaired) electrons. The Kier molecular flexibility index (Phi) is 4.54. The Labute approximate surface area is 108 Å². The number of aromatic nitrogens is 1. The zero-order valence-electron chi connectivity index (χ0n) is 11.1. The predicted molar refractivity (Wildman–Crippen MR) is 73.9 cm³/mol. The van der Waals surface area contributed by atoms with Crippen LogP contribution in [0.15, 0.2) is 5.38 Å². The summed E-state index contributed by atoms with van der Waals surface area (Å²) in [6, 6.07) is 0. The number of hydrogen-bond acceptors (Lipinski definition) is 4. The van der Waals surface area contributed by atoms with Gasteiger partial charge in [0.2, 0.25) is 0 Å². The van der Waals surface area contributed by atoms with Gasteiger partial charge in [0.05, 0.1) is 10.7 Å². The highest BCUT2D eigenvalue weighted by Gasteiger charge is 2.17. The second-order valence-corrected chi connectivity index (χ2v) is 6.11. The molecule has 1 aromatic heterocycles. The molecule has 96 valence electrons. The van der Waals surface area contributed by atoms with Crippen molar-refractivity contribution in [3.05, 3.63) is 16.1 Å². The van der Waals surface area contributed by atoms with E-state index in [1.807, 2.05) is 0 Å². The van der Waals surface area contributed by atoms with Crippen molar-refractivity contribution in [1.29, 1.82) is 0 Å². The predicted octanol–water partition coefficient (Wildman–Crippen LogP) is 2.28. The third kappa shape index (κ3) is 3.50. The Balaban J connectivity index is 1.91. The van der Waals surface area contributed by atoms with E-state index in [9.17, 15) is 0 Å². The summed E-state index contributed by atoms with van der Waals surface area (Å²) in [6.45, 7) is 12.5. The molecule has 0 amide bonds. The van der Waals surface area contributed by atoms with E-state index in [1.54, 1.807) is 11.3 Å². The topological polar surface area (TPSA) is 28.2 Å². The second-order valence-electron chi connectivity index (χ2n) is 5.22. The molecule has 0 bridgehead atoms. The van der Waals surface area contributed by atoms with Crippen LogP contribution in [0.1, 0.15) is 43.3 Å². The van der Waals surface area contributed by atoms with Crippen LogP contribution in [0.5, 0.6) is 0 Å². The number of nitrogens with zero attached hydrogens (tertiary/aromatic N) is 2. The number of hydrogen-bond donors (Lipinski definition) is 1. The summed E-state index contributed by atoms with van der Waals surface area (Å²) in [5, 5.41) is 6.90. The van der Waals surface area contributed by atoms with Gasteiger partial charge in [0, 0.05) is 49.9 Å². The van der Waals surface area contributed by atoms with Crippen molar-refractivity contribution in [1.82, 2.24) is 15.2 Å². The molecule has 0 aliphatic carbocycles. The van der Waals surface area contributed by atoms with Crippen LogP contribution in [0.25, 0.3) is 0 Å². The first-order valence-electron chi connectivity index (χ1n) is 6.55. The molecule has 1 aromatic rings. The standard InChI is InChI=1S/C13H23N3S/c1-10(2)13-15-12(9-17-13)11(3)8-16-6-4-14-5-7-16/h9-11,14H,4-8H2,1-3H3. The van der Waals surface area contributed by atoms with Gasteiger partial charge in [-0.1, -0.05) is 20.8 Å². The Morgan fingerprint density at radius 1 is 1.35 bits per heavy atom. The summed E-state index contributed by atoms with van der Waals surface area (Å²) in [5.41, 5.74) is 1.28. The lowest BCUT2D eigenvalue weighted by Crippen LogP contribution is -2.44. The van der Waals surface area contributed by atoms with Crippen molar-refractivity contribution in [3.63, 3.8) is 0 Å². The first-order valence-corrected chi connectivity index (χ1v) is 7.43. The lowest BCUT2D eigenvalue weighted by molar-refractivity contribution is 0.229.